The number of hydrogen-bond donors (Lipinski definition) is 2. The maximum absolute atomic E-state index is 11.1. The van der Waals surface area contributed by atoms with E-state index in [0.29, 0.717) is 30.0 Å². The molecule has 5 rings (SSSR count). The molecule has 0 amide bonds. The number of aryl methyl sites for hydroxylation is 1. The van der Waals surface area contributed by atoms with E-state index >= 15 is 0 Å². The highest BCUT2D eigenvalue weighted by Crippen LogP contribution is 2.47. The van der Waals surface area contributed by atoms with E-state index in [1.807, 2.05) is 85.8 Å². The van der Waals surface area contributed by atoms with Crippen LogP contribution in [0.1, 0.15) is 40.8 Å². The van der Waals surface area contributed by atoms with Crippen molar-refractivity contribution < 1.29 is 24.3 Å². The van der Waals surface area contributed by atoms with Gasteiger partial charge in [0.15, 0.2) is 5.76 Å². The number of carboxylic acid groups (broad SMARTS) is 1. The van der Waals surface area contributed by atoms with Crippen LogP contribution in [0.25, 0.3) is 22.5 Å². The second kappa shape index (κ2) is 9.86. The maximum Gasteiger partial charge on any atom is 0.307 e. The predicted molar refractivity (Wildman–Crippen MR) is 132 cm³/mol. The number of carbonyl (C=O) groups is 1. The van der Waals surface area contributed by atoms with Gasteiger partial charge in [0.25, 0.3) is 0 Å². The van der Waals surface area contributed by atoms with E-state index in [4.69, 9.17) is 14.4 Å². The standard InChI is InChI=1S/C29H27NO5/c1-18-27(26(31)17-34-16-19-5-3-2-4-6-19)28(35-30-18)23-13-9-21(10-14-23)20-7-11-22(12-8-20)24-15-25(24)29(32)33/h2-14,24-26,31H,15-17H2,1H3,(H,32,33)/t24-,25-,26+/m1/s1. The van der Waals surface area contributed by atoms with Crippen LogP contribution >= 0.6 is 0 Å². The SMILES string of the molecule is Cc1noc(-c2ccc(-c3ccc([C@H]4C[C@H]4C(=O)O)cc3)cc2)c1[C@@H](O)COCc1ccccc1. The van der Waals surface area contributed by atoms with Gasteiger partial charge in [-0.25, -0.2) is 0 Å². The Hall–Kier alpha value is -3.74. The molecule has 0 unspecified atom stereocenters. The Bertz CT molecular complexity index is 1300. The zero-order valence-electron chi connectivity index (χ0n) is 19.4. The smallest absolute Gasteiger partial charge is 0.307 e. The third kappa shape index (κ3) is 5.04. The van der Waals surface area contributed by atoms with Crippen molar-refractivity contribution in [1.29, 1.82) is 0 Å². The van der Waals surface area contributed by atoms with Crippen LogP contribution in [-0.2, 0) is 16.1 Å². The first kappa shape index (κ1) is 23.0. The van der Waals surface area contributed by atoms with Gasteiger partial charge >= 0.3 is 5.97 Å². The van der Waals surface area contributed by atoms with E-state index in [1.54, 1.807) is 0 Å². The van der Waals surface area contributed by atoms with Crippen LogP contribution in [0.2, 0.25) is 0 Å². The van der Waals surface area contributed by atoms with Gasteiger partial charge in [0, 0.05) is 5.56 Å². The molecule has 3 aromatic carbocycles. The summed E-state index contributed by atoms with van der Waals surface area (Å²) in [6.07, 6.45) is -0.143. The number of benzene rings is 3. The van der Waals surface area contributed by atoms with Crippen molar-refractivity contribution in [2.24, 2.45) is 5.92 Å². The summed E-state index contributed by atoms with van der Waals surface area (Å²) in [6.45, 7) is 2.37. The van der Waals surface area contributed by atoms with Crippen LogP contribution < -0.4 is 0 Å². The van der Waals surface area contributed by atoms with E-state index in [-0.39, 0.29) is 18.4 Å². The Morgan fingerprint density at radius 1 is 1.00 bits per heavy atom. The van der Waals surface area contributed by atoms with Crippen molar-refractivity contribution in [3.05, 3.63) is 101 Å². The number of ether oxygens (including phenoxy) is 1. The fourth-order valence-electron chi connectivity index (χ4n) is 4.50. The monoisotopic (exact) mass is 469 g/mol. The molecule has 0 aliphatic heterocycles. The van der Waals surface area contributed by atoms with Crippen molar-refractivity contribution in [3.63, 3.8) is 0 Å². The van der Waals surface area contributed by atoms with E-state index in [2.05, 4.69) is 5.16 Å². The van der Waals surface area contributed by atoms with Crippen LogP contribution in [0.4, 0.5) is 0 Å². The number of aliphatic hydroxyl groups is 1. The summed E-state index contributed by atoms with van der Waals surface area (Å²) in [6, 6.07) is 25.8. The summed E-state index contributed by atoms with van der Waals surface area (Å²) in [5, 5.41) is 24.0. The first-order chi connectivity index (χ1) is 17.0. The van der Waals surface area contributed by atoms with Gasteiger partial charge in [-0.15, -0.1) is 0 Å². The molecule has 3 atom stereocenters. The van der Waals surface area contributed by atoms with E-state index in [9.17, 15) is 9.90 Å². The molecule has 1 heterocycles. The highest BCUT2D eigenvalue weighted by Gasteiger charge is 2.44. The van der Waals surface area contributed by atoms with Crippen molar-refractivity contribution in [2.75, 3.05) is 6.61 Å². The number of carboxylic acids is 1. The minimum atomic E-state index is -0.857. The van der Waals surface area contributed by atoms with Gasteiger partial charge in [0.05, 0.1) is 30.4 Å². The molecular weight excluding hydrogens is 442 g/mol. The summed E-state index contributed by atoms with van der Waals surface area (Å²) in [4.78, 5) is 11.1. The van der Waals surface area contributed by atoms with Gasteiger partial charge in [-0.05, 0) is 41.5 Å². The average Bonchev–Trinajstić information content (AvgIpc) is 3.60. The van der Waals surface area contributed by atoms with E-state index < -0.39 is 12.1 Å². The van der Waals surface area contributed by atoms with Crippen LogP contribution in [-0.4, -0.2) is 27.9 Å². The quantitative estimate of drug-likeness (QED) is 0.324. The number of hydrogen-bond acceptors (Lipinski definition) is 5. The predicted octanol–water partition coefficient (Wildman–Crippen LogP) is 5.76. The second-order valence-electron chi connectivity index (χ2n) is 9.01. The molecule has 0 bridgehead atoms. The Labute approximate surface area is 203 Å². The summed E-state index contributed by atoms with van der Waals surface area (Å²) < 4.78 is 11.3. The minimum Gasteiger partial charge on any atom is -0.481 e. The van der Waals surface area contributed by atoms with Gasteiger partial charge in [-0.2, -0.15) is 0 Å². The van der Waals surface area contributed by atoms with Gasteiger partial charge in [-0.1, -0.05) is 84.0 Å². The number of nitrogens with zero attached hydrogens (tertiary/aromatic N) is 1. The lowest BCUT2D eigenvalue weighted by Crippen LogP contribution is -2.09. The third-order valence-electron chi connectivity index (χ3n) is 6.56. The van der Waals surface area contributed by atoms with Crippen molar-refractivity contribution in [2.45, 2.75) is 32.0 Å². The third-order valence-corrected chi connectivity index (χ3v) is 6.56. The van der Waals surface area contributed by atoms with Crippen LogP contribution in [0.5, 0.6) is 0 Å². The number of aliphatic hydroxyl groups excluding tert-OH is 1. The Morgan fingerprint density at radius 2 is 1.63 bits per heavy atom. The fourth-order valence-corrected chi connectivity index (χ4v) is 4.50. The molecule has 6 heteroatoms. The highest BCUT2D eigenvalue weighted by molar-refractivity contribution is 5.75. The van der Waals surface area contributed by atoms with Gasteiger partial charge in [0.1, 0.15) is 6.10 Å². The lowest BCUT2D eigenvalue weighted by Gasteiger charge is -2.12. The van der Waals surface area contributed by atoms with E-state index in [1.165, 1.54) is 0 Å². The molecule has 1 aliphatic carbocycles. The zero-order chi connectivity index (χ0) is 24.4. The molecule has 0 radical (unpaired) electrons. The Balaban J connectivity index is 1.27. The number of aliphatic carboxylic acids is 1. The van der Waals surface area contributed by atoms with Crippen LogP contribution in [0, 0.1) is 12.8 Å². The van der Waals surface area contributed by atoms with Crippen molar-refractivity contribution in [3.8, 4) is 22.5 Å². The normalized spacial score (nSPS) is 17.8. The number of aromatic nitrogens is 1. The Morgan fingerprint density at radius 3 is 2.26 bits per heavy atom. The summed E-state index contributed by atoms with van der Waals surface area (Å²) in [5.41, 5.74) is 6.30. The summed E-state index contributed by atoms with van der Waals surface area (Å²) in [5.74, 6) is -0.308. The molecule has 35 heavy (non-hydrogen) atoms. The van der Waals surface area contributed by atoms with Gasteiger partial charge in [0.2, 0.25) is 0 Å². The molecule has 6 nitrogen and oxygen atoms in total. The molecule has 0 saturated heterocycles. The molecule has 1 aromatic heterocycles. The first-order valence-corrected chi connectivity index (χ1v) is 11.7. The molecular formula is C29H27NO5. The van der Waals surface area contributed by atoms with Crippen molar-refractivity contribution in [1.82, 2.24) is 5.16 Å². The number of rotatable bonds is 9. The topological polar surface area (TPSA) is 92.8 Å². The summed E-state index contributed by atoms with van der Waals surface area (Å²) >= 11 is 0. The van der Waals surface area contributed by atoms with E-state index in [0.717, 1.165) is 27.8 Å². The Kier molecular flexibility index (Phi) is 6.49. The van der Waals surface area contributed by atoms with Gasteiger partial charge < -0.3 is 19.5 Å². The molecule has 0 spiro atoms. The van der Waals surface area contributed by atoms with Gasteiger partial charge in [-0.3, -0.25) is 4.79 Å². The van der Waals surface area contributed by atoms with Crippen LogP contribution in [0.15, 0.2) is 83.4 Å². The first-order valence-electron chi connectivity index (χ1n) is 11.7. The molecule has 178 valence electrons. The lowest BCUT2D eigenvalue weighted by molar-refractivity contribution is -0.138. The maximum atomic E-state index is 11.1. The molecule has 4 aromatic rings. The van der Waals surface area contributed by atoms with Crippen LogP contribution in [0.3, 0.4) is 0 Å². The zero-order valence-corrected chi connectivity index (χ0v) is 19.4. The molecule has 1 saturated carbocycles. The molecule has 1 aliphatic rings. The summed E-state index contributed by atoms with van der Waals surface area (Å²) in [7, 11) is 0. The molecule has 2 N–H and O–H groups in total. The average molecular weight is 470 g/mol. The van der Waals surface area contributed by atoms with Crippen molar-refractivity contribution >= 4 is 5.97 Å². The molecule has 1 fully saturated rings. The fraction of sp³-hybridized carbons (Fsp3) is 0.241. The largest absolute Gasteiger partial charge is 0.481 e. The second-order valence-corrected chi connectivity index (χ2v) is 9.01. The highest BCUT2D eigenvalue weighted by atomic mass is 16.5. The minimum absolute atomic E-state index is 0.125. The lowest BCUT2D eigenvalue weighted by atomic mass is 9.98.